The topological polar surface area (TPSA) is 101 Å². The van der Waals surface area contributed by atoms with E-state index in [1.165, 1.54) is 0 Å². The molecule has 2 N–H and O–H groups in total. The number of hydrogen-bond donors (Lipinski definition) is 2. The summed E-state index contributed by atoms with van der Waals surface area (Å²) >= 11 is 3.61. The van der Waals surface area contributed by atoms with Gasteiger partial charge in [-0.3, -0.25) is 4.79 Å². The molecule has 0 saturated carbocycles. The van der Waals surface area contributed by atoms with Crippen LogP contribution in [0.3, 0.4) is 0 Å². The van der Waals surface area contributed by atoms with Gasteiger partial charge in [-0.15, -0.1) is 0 Å². The van der Waals surface area contributed by atoms with Crippen molar-refractivity contribution < 1.29 is 24.1 Å². The number of carbonyl (C=O) groups is 1. The van der Waals surface area contributed by atoms with E-state index in [0.29, 0.717) is 59.3 Å². The lowest BCUT2D eigenvalue weighted by Crippen LogP contribution is -2.34. The first kappa shape index (κ1) is 26.3. The van der Waals surface area contributed by atoms with Crippen LogP contribution in [0.5, 0.6) is 11.5 Å². The Balaban J connectivity index is 2.00. The average Bonchev–Trinajstić information content (AvgIpc) is 2.79. The zero-order valence-corrected chi connectivity index (χ0v) is 21.7. The third-order valence-corrected chi connectivity index (χ3v) is 6.69. The van der Waals surface area contributed by atoms with Gasteiger partial charge in [-0.05, 0) is 66.2 Å². The number of ketones is 1. The van der Waals surface area contributed by atoms with Gasteiger partial charge in [0.2, 0.25) is 0 Å². The molecule has 0 bridgehead atoms. The number of aliphatic hydroxyl groups is 1. The van der Waals surface area contributed by atoms with Crippen molar-refractivity contribution >= 4 is 21.7 Å². The van der Waals surface area contributed by atoms with Crippen LogP contribution in [0.2, 0.25) is 0 Å². The van der Waals surface area contributed by atoms with Gasteiger partial charge in [0.15, 0.2) is 17.3 Å². The second kappa shape index (κ2) is 12.4. The van der Waals surface area contributed by atoms with Crippen molar-refractivity contribution in [1.82, 2.24) is 5.32 Å². The van der Waals surface area contributed by atoms with E-state index >= 15 is 0 Å². The first-order chi connectivity index (χ1) is 16.4. The van der Waals surface area contributed by atoms with Gasteiger partial charge in [0, 0.05) is 23.4 Å². The maximum Gasteiger partial charge on any atom is 0.175 e. The molecule has 2 aliphatic rings. The molecule has 2 unspecified atom stereocenters. The second-order valence-electron chi connectivity index (χ2n) is 8.53. The van der Waals surface area contributed by atoms with Crippen LogP contribution >= 0.6 is 15.9 Å². The molecule has 7 nitrogen and oxygen atoms in total. The van der Waals surface area contributed by atoms with Gasteiger partial charge in [-0.25, -0.2) is 0 Å². The van der Waals surface area contributed by atoms with Gasteiger partial charge in [0.05, 0.1) is 48.5 Å². The Morgan fingerprint density at radius 1 is 1.21 bits per heavy atom. The molecule has 0 radical (unpaired) electrons. The Morgan fingerprint density at radius 3 is 2.68 bits per heavy atom. The van der Waals surface area contributed by atoms with E-state index in [-0.39, 0.29) is 19.0 Å². The minimum atomic E-state index is -0.450. The fourth-order valence-electron chi connectivity index (χ4n) is 4.74. The van der Waals surface area contributed by atoms with Crippen molar-refractivity contribution in [2.75, 3.05) is 33.0 Å². The number of hydrogen-bond acceptors (Lipinski definition) is 7. The summed E-state index contributed by atoms with van der Waals surface area (Å²) in [6.45, 7) is 7.20. The number of ether oxygens (including phenoxy) is 3. The molecular formula is C26H33BrN2O5. The lowest BCUT2D eigenvalue weighted by Gasteiger charge is -2.35. The van der Waals surface area contributed by atoms with Gasteiger partial charge >= 0.3 is 0 Å². The van der Waals surface area contributed by atoms with Gasteiger partial charge in [0.25, 0.3) is 0 Å². The standard InChI is InChI=1S/C26H33BrN2O5/c1-4-6-17-11-21-25(22(31)12-17)24(19(15-28)16(3)29-21)18-13-20(27)26(23(14-18)33-5-2)34-10-9-32-8-7-30/h13-14,17,24,29-30H,4-12H2,1-3H3. The van der Waals surface area contributed by atoms with E-state index in [9.17, 15) is 10.1 Å². The van der Waals surface area contributed by atoms with Gasteiger partial charge in [-0.2, -0.15) is 5.26 Å². The number of Topliss-reactive ketones (excluding diaryl/α,β-unsaturated/α-hetero) is 1. The second-order valence-corrected chi connectivity index (χ2v) is 9.39. The van der Waals surface area contributed by atoms with Gasteiger partial charge in [0.1, 0.15) is 6.61 Å². The molecule has 1 aromatic carbocycles. The number of dihydropyridines is 1. The first-order valence-corrected chi connectivity index (χ1v) is 12.7. The Morgan fingerprint density at radius 2 is 2.00 bits per heavy atom. The highest BCUT2D eigenvalue weighted by atomic mass is 79.9. The molecule has 3 rings (SSSR count). The summed E-state index contributed by atoms with van der Waals surface area (Å²) in [7, 11) is 0. The molecule has 8 heteroatoms. The van der Waals surface area contributed by atoms with E-state index in [0.717, 1.165) is 36.2 Å². The van der Waals surface area contributed by atoms with Gasteiger partial charge in [-0.1, -0.05) is 13.3 Å². The van der Waals surface area contributed by atoms with Crippen LogP contribution in [-0.4, -0.2) is 43.9 Å². The predicted octanol–water partition coefficient (Wildman–Crippen LogP) is 4.75. The monoisotopic (exact) mass is 532 g/mol. The number of aliphatic hydroxyl groups excluding tert-OH is 1. The summed E-state index contributed by atoms with van der Waals surface area (Å²) in [5.41, 5.74) is 3.76. The molecule has 2 atom stereocenters. The highest BCUT2D eigenvalue weighted by Crippen LogP contribution is 2.47. The average molecular weight is 533 g/mol. The van der Waals surface area contributed by atoms with E-state index in [2.05, 4.69) is 34.2 Å². The minimum absolute atomic E-state index is 0.0389. The molecule has 1 aromatic rings. The summed E-state index contributed by atoms with van der Waals surface area (Å²) in [4.78, 5) is 13.3. The molecule has 1 aliphatic heterocycles. The highest BCUT2D eigenvalue weighted by molar-refractivity contribution is 9.10. The fourth-order valence-corrected chi connectivity index (χ4v) is 5.31. The lowest BCUT2D eigenvalue weighted by atomic mass is 9.72. The predicted molar refractivity (Wildman–Crippen MR) is 133 cm³/mol. The maximum absolute atomic E-state index is 13.3. The maximum atomic E-state index is 13.3. The quantitative estimate of drug-likeness (QED) is 0.396. The summed E-state index contributed by atoms with van der Waals surface area (Å²) in [5, 5.41) is 22.2. The number of allylic oxidation sites excluding steroid dienone is 4. The van der Waals surface area contributed by atoms with Crippen molar-refractivity contribution in [3.05, 3.63) is 44.7 Å². The SMILES string of the molecule is CCCC1CC(=O)C2=C(C1)NC(C)=C(C#N)C2c1cc(Br)c(OCCOCCO)c(OCC)c1. The highest BCUT2D eigenvalue weighted by Gasteiger charge is 2.39. The molecule has 34 heavy (non-hydrogen) atoms. The molecule has 0 aromatic heterocycles. The summed E-state index contributed by atoms with van der Waals surface area (Å²) < 4.78 is 17.7. The van der Waals surface area contributed by atoms with Gasteiger partial charge < -0.3 is 24.6 Å². The molecule has 0 fully saturated rings. The Hall–Kier alpha value is -2.34. The number of nitriles is 1. The van der Waals surface area contributed by atoms with Crippen molar-refractivity contribution in [3.8, 4) is 17.6 Å². The Labute approximate surface area is 209 Å². The van der Waals surface area contributed by atoms with Crippen LogP contribution in [-0.2, 0) is 9.53 Å². The van der Waals surface area contributed by atoms with Crippen LogP contribution in [0.15, 0.2) is 39.1 Å². The minimum Gasteiger partial charge on any atom is -0.490 e. The molecule has 184 valence electrons. The Kier molecular flexibility index (Phi) is 9.57. The van der Waals surface area contributed by atoms with Crippen LogP contribution in [0, 0.1) is 17.2 Å². The van der Waals surface area contributed by atoms with Crippen LogP contribution in [0.1, 0.15) is 57.9 Å². The third-order valence-electron chi connectivity index (χ3n) is 6.10. The molecular weight excluding hydrogens is 500 g/mol. The number of benzene rings is 1. The number of nitrogens with one attached hydrogen (secondary N) is 1. The van der Waals surface area contributed by atoms with E-state index in [1.807, 2.05) is 26.0 Å². The Bertz CT molecular complexity index is 1010. The third kappa shape index (κ3) is 5.83. The zero-order chi connectivity index (χ0) is 24.7. The van der Waals surface area contributed by atoms with E-state index < -0.39 is 5.92 Å². The molecule has 0 saturated heterocycles. The summed E-state index contributed by atoms with van der Waals surface area (Å²) in [6.07, 6.45) is 3.38. The fraction of sp³-hybridized carbons (Fsp3) is 0.538. The number of halogens is 1. The number of nitrogens with zero attached hydrogens (tertiary/aromatic N) is 1. The smallest absolute Gasteiger partial charge is 0.175 e. The molecule has 1 aliphatic carbocycles. The first-order valence-electron chi connectivity index (χ1n) is 11.9. The van der Waals surface area contributed by atoms with Crippen molar-refractivity contribution in [1.29, 1.82) is 5.26 Å². The molecule has 0 spiro atoms. The normalized spacial score (nSPS) is 20.1. The van der Waals surface area contributed by atoms with Crippen LogP contribution in [0.4, 0.5) is 0 Å². The van der Waals surface area contributed by atoms with Crippen LogP contribution in [0.25, 0.3) is 0 Å². The molecule has 1 heterocycles. The summed E-state index contributed by atoms with van der Waals surface area (Å²) in [5.74, 6) is 1.06. The number of rotatable bonds is 11. The number of carbonyl (C=O) groups excluding carboxylic acids is 1. The van der Waals surface area contributed by atoms with Crippen molar-refractivity contribution in [2.45, 2.75) is 52.4 Å². The largest absolute Gasteiger partial charge is 0.490 e. The van der Waals surface area contributed by atoms with E-state index in [4.69, 9.17) is 19.3 Å². The molecule has 0 amide bonds. The van der Waals surface area contributed by atoms with E-state index in [1.54, 1.807) is 0 Å². The summed E-state index contributed by atoms with van der Waals surface area (Å²) in [6, 6.07) is 6.11. The van der Waals surface area contributed by atoms with Crippen molar-refractivity contribution in [2.24, 2.45) is 5.92 Å². The lowest BCUT2D eigenvalue weighted by molar-refractivity contribution is -0.117. The van der Waals surface area contributed by atoms with Crippen molar-refractivity contribution in [3.63, 3.8) is 0 Å². The zero-order valence-electron chi connectivity index (χ0n) is 20.1. The van der Waals surface area contributed by atoms with Crippen LogP contribution < -0.4 is 14.8 Å².